The van der Waals surface area contributed by atoms with Crippen LogP contribution in [-0.4, -0.2) is 38.8 Å². The van der Waals surface area contributed by atoms with E-state index in [2.05, 4.69) is 4.72 Å². The molecular weight excluding hydrogens is 238 g/mol. The van der Waals surface area contributed by atoms with Crippen molar-refractivity contribution in [3.05, 3.63) is 0 Å². The van der Waals surface area contributed by atoms with Gasteiger partial charge in [-0.05, 0) is 19.3 Å². The van der Waals surface area contributed by atoms with Gasteiger partial charge in [0.15, 0.2) is 0 Å². The largest absolute Gasteiger partial charge is 0.381 e. The predicted molar refractivity (Wildman–Crippen MR) is 60.7 cm³/mol. The number of ether oxygens (including phenoxy) is 1. The number of rotatable bonds is 5. The van der Waals surface area contributed by atoms with Crippen LogP contribution in [0.15, 0.2) is 0 Å². The lowest BCUT2D eigenvalue weighted by atomic mass is 9.94. The highest BCUT2D eigenvalue weighted by Gasteiger charge is 2.35. The third-order valence-corrected chi connectivity index (χ3v) is 4.75. The van der Waals surface area contributed by atoms with E-state index in [9.17, 15) is 8.42 Å². The van der Waals surface area contributed by atoms with Crippen LogP contribution >= 0.6 is 11.6 Å². The molecule has 0 radical (unpaired) electrons. The Morgan fingerprint density at radius 3 is 2.47 bits per heavy atom. The van der Waals surface area contributed by atoms with Gasteiger partial charge in [-0.15, -0.1) is 11.6 Å². The summed E-state index contributed by atoms with van der Waals surface area (Å²) in [5.74, 6) is 0.464. The Kier molecular flexibility index (Phi) is 4.83. The van der Waals surface area contributed by atoms with Crippen molar-refractivity contribution in [1.29, 1.82) is 0 Å². The molecule has 0 unspecified atom stereocenters. The zero-order valence-corrected chi connectivity index (χ0v) is 10.5. The van der Waals surface area contributed by atoms with Gasteiger partial charge in [-0.1, -0.05) is 6.92 Å². The first-order chi connectivity index (χ1) is 7.04. The number of hydrogen-bond donors (Lipinski definition) is 1. The van der Waals surface area contributed by atoms with Gasteiger partial charge in [0, 0.05) is 19.1 Å². The highest BCUT2D eigenvalue weighted by atomic mass is 35.5. The molecule has 4 nitrogen and oxygen atoms in total. The summed E-state index contributed by atoms with van der Waals surface area (Å²) < 4.78 is 31.2. The fourth-order valence-electron chi connectivity index (χ4n) is 1.67. The molecule has 1 aliphatic heterocycles. The van der Waals surface area contributed by atoms with Crippen molar-refractivity contribution in [2.75, 3.05) is 24.8 Å². The monoisotopic (exact) mass is 255 g/mol. The minimum absolute atomic E-state index is 0.159. The summed E-state index contributed by atoms with van der Waals surface area (Å²) in [7, 11) is -3.19. The van der Waals surface area contributed by atoms with Crippen LogP contribution in [0, 0.1) is 0 Å². The normalized spacial score (nSPS) is 21.5. The summed E-state index contributed by atoms with van der Waals surface area (Å²) in [5, 5.41) is 0. The quantitative estimate of drug-likeness (QED) is 0.749. The Labute approximate surface area is 96.4 Å². The Morgan fingerprint density at radius 1 is 1.40 bits per heavy atom. The smallest absolute Gasteiger partial charge is 0.212 e. The average Bonchev–Trinajstić information content (AvgIpc) is 2.18. The van der Waals surface area contributed by atoms with Crippen LogP contribution in [0.4, 0.5) is 0 Å². The van der Waals surface area contributed by atoms with Gasteiger partial charge in [0.2, 0.25) is 10.0 Å². The lowest BCUT2D eigenvalue weighted by molar-refractivity contribution is 0.0549. The van der Waals surface area contributed by atoms with Crippen molar-refractivity contribution < 1.29 is 13.2 Å². The van der Waals surface area contributed by atoms with Crippen molar-refractivity contribution in [3.63, 3.8) is 0 Å². The summed E-state index contributed by atoms with van der Waals surface area (Å²) in [6.45, 7) is 2.99. The molecule has 1 aliphatic rings. The van der Waals surface area contributed by atoms with Crippen molar-refractivity contribution in [3.8, 4) is 0 Å². The van der Waals surface area contributed by atoms with E-state index in [1.807, 2.05) is 6.92 Å². The Morgan fingerprint density at radius 2 is 2.00 bits per heavy atom. The number of sulfonamides is 1. The highest BCUT2D eigenvalue weighted by molar-refractivity contribution is 7.89. The molecular formula is C9H18ClNO3S. The highest BCUT2D eigenvalue weighted by Crippen LogP contribution is 2.23. The molecule has 1 heterocycles. The maximum absolute atomic E-state index is 11.7. The van der Waals surface area contributed by atoms with Gasteiger partial charge in [-0.2, -0.15) is 0 Å². The standard InChI is InChI=1S/C9H18ClNO3S/c1-2-7-15(12,13)11-9(8-10)3-5-14-6-4-9/h11H,2-8H2,1H3. The molecule has 0 aromatic carbocycles. The predicted octanol–water partition coefficient (Wildman–Crippen LogP) is 1.10. The van der Waals surface area contributed by atoms with Crippen LogP contribution in [0.5, 0.6) is 0 Å². The summed E-state index contributed by atoms with van der Waals surface area (Å²) in [6, 6.07) is 0. The SMILES string of the molecule is CCCS(=O)(=O)NC1(CCl)CCOCC1. The topological polar surface area (TPSA) is 55.4 Å². The van der Waals surface area contributed by atoms with E-state index >= 15 is 0 Å². The second kappa shape index (κ2) is 5.48. The molecule has 1 saturated heterocycles. The molecule has 0 aromatic heterocycles. The molecule has 1 rings (SSSR count). The second-order valence-electron chi connectivity index (χ2n) is 3.95. The Hall–Kier alpha value is 0.160. The zero-order valence-electron chi connectivity index (χ0n) is 8.96. The number of nitrogens with one attached hydrogen (secondary N) is 1. The molecule has 15 heavy (non-hydrogen) atoms. The molecule has 0 amide bonds. The van der Waals surface area contributed by atoms with Crippen molar-refractivity contribution >= 4 is 21.6 Å². The van der Waals surface area contributed by atoms with Gasteiger partial charge < -0.3 is 4.74 Å². The van der Waals surface area contributed by atoms with Crippen LogP contribution < -0.4 is 4.72 Å². The Bertz CT molecular complexity index is 286. The molecule has 0 bridgehead atoms. The van der Waals surface area contributed by atoms with Crippen LogP contribution in [0.2, 0.25) is 0 Å². The maximum atomic E-state index is 11.7. The fraction of sp³-hybridized carbons (Fsp3) is 1.00. The molecule has 0 atom stereocenters. The van der Waals surface area contributed by atoms with Crippen LogP contribution in [0.3, 0.4) is 0 Å². The summed E-state index contributed by atoms with van der Waals surface area (Å²) >= 11 is 5.86. The van der Waals surface area contributed by atoms with E-state index < -0.39 is 15.6 Å². The summed E-state index contributed by atoms with van der Waals surface area (Å²) in [6.07, 6.45) is 1.92. The van der Waals surface area contributed by atoms with Gasteiger partial charge in [-0.3, -0.25) is 0 Å². The molecule has 1 fully saturated rings. The van der Waals surface area contributed by atoms with E-state index in [0.717, 1.165) is 0 Å². The lowest BCUT2D eigenvalue weighted by Crippen LogP contribution is -2.53. The van der Waals surface area contributed by atoms with E-state index in [4.69, 9.17) is 16.3 Å². The molecule has 0 saturated carbocycles. The molecule has 1 N–H and O–H groups in total. The fourth-order valence-corrected chi connectivity index (χ4v) is 3.66. The number of halogens is 1. The lowest BCUT2D eigenvalue weighted by Gasteiger charge is -2.35. The van der Waals surface area contributed by atoms with E-state index in [-0.39, 0.29) is 5.75 Å². The van der Waals surface area contributed by atoms with Crippen LogP contribution in [0.25, 0.3) is 0 Å². The average molecular weight is 256 g/mol. The number of hydrogen-bond acceptors (Lipinski definition) is 3. The molecule has 0 spiro atoms. The first-order valence-corrected chi connectivity index (χ1v) is 7.38. The van der Waals surface area contributed by atoms with Gasteiger partial charge in [0.05, 0.1) is 11.3 Å². The van der Waals surface area contributed by atoms with Crippen molar-refractivity contribution in [2.24, 2.45) is 0 Å². The van der Waals surface area contributed by atoms with E-state index in [1.54, 1.807) is 0 Å². The van der Waals surface area contributed by atoms with Gasteiger partial charge >= 0.3 is 0 Å². The zero-order chi connectivity index (χ0) is 11.4. The maximum Gasteiger partial charge on any atom is 0.212 e. The molecule has 6 heteroatoms. The van der Waals surface area contributed by atoms with E-state index in [1.165, 1.54) is 0 Å². The minimum Gasteiger partial charge on any atom is -0.381 e. The first-order valence-electron chi connectivity index (χ1n) is 5.19. The summed E-state index contributed by atoms with van der Waals surface area (Å²) in [5.41, 5.74) is -0.492. The summed E-state index contributed by atoms with van der Waals surface area (Å²) in [4.78, 5) is 0. The van der Waals surface area contributed by atoms with Crippen molar-refractivity contribution in [2.45, 2.75) is 31.7 Å². The number of alkyl halides is 1. The van der Waals surface area contributed by atoms with Crippen molar-refractivity contribution in [1.82, 2.24) is 4.72 Å². The van der Waals surface area contributed by atoms with Crippen LogP contribution in [0.1, 0.15) is 26.2 Å². The second-order valence-corrected chi connectivity index (χ2v) is 6.06. The van der Waals surface area contributed by atoms with Gasteiger partial charge in [0.1, 0.15) is 0 Å². The first kappa shape index (κ1) is 13.2. The van der Waals surface area contributed by atoms with E-state index in [0.29, 0.717) is 38.4 Å². The Balaban J connectivity index is 2.66. The van der Waals surface area contributed by atoms with Gasteiger partial charge in [0.25, 0.3) is 0 Å². The molecule has 90 valence electrons. The minimum atomic E-state index is -3.19. The third kappa shape index (κ3) is 3.90. The third-order valence-electron chi connectivity index (χ3n) is 2.55. The van der Waals surface area contributed by atoms with Gasteiger partial charge in [-0.25, -0.2) is 13.1 Å². The molecule has 0 aliphatic carbocycles. The molecule has 0 aromatic rings. The van der Waals surface area contributed by atoms with Crippen LogP contribution in [-0.2, 0) is 14.8 Å².